The zero-order valence-electron chi connectivity index (χ0n) is 20.3. The van der Waals surface area contributed by atoms with E-state index in [9.17, 15) is 19.2 Å². The molecule has 0 saturated heterocycles. The molecule has 0 saturated carbocycles. The lowest BCUT2D eigenvalue weighted by atomic mass is 9.88. The third kappa shape index (κ3) is 5.50. The highest BCUT2D eigenvalue weighted by atomic mass is 16.5. The molecule has 0 atom stereocenters. The molecule has 0 aliphatic heterocycles. The Labute approximate surface area is 208 Å². The third-order valence-electron chi connectivity index (χ3n) is 5.51. The van der Waals surface area contributed by atoms with Gasteiger partial charge in [0.25, 0.3) is 5.91 Å². The maximum Gasteiger partial charge on any atom is 0.308 e. The fourth-order valence-corrected chi connectivity index (χ4v) is 3.71. The van der Waals surface area contributed by atoms with Crippen LogP contribution in [0.5, 0.6) is 5.75 Å². The molecular weight excluding hydrogens is 464 g/mol. The number of hydrogen-bond acceptors (Lipinski definition) is 8. The highest BCUT2D eigenvalue weighted by Gasteiger charge is 2.34. The summed E-state index contributed by atoms with van der Waals surface area (Å²) in [5, 5.41) is 11.5. The van der Waals surface area contributed by atoms with Crippen molar-refractivity contribution in [3.05, 3.63) is 81.8 Å². The minimum absolute atomic E-state index is 0.0315. The second-order valence-electron chi connectivity index (χ2n) is 7.92. The van der Waals surface area contributed by atoms with E-state index in [0.29, 0.717) is 11.3 Å². The molecule has 9 heteroatoms. The summed E-state index contributed by atoms with van der Waals surface area (Å²) < 4.78 is 15.4. The Morgan fingerprint density at radius 3 is 2.14 bits per heavy atom. The topological polar surface area (TPSA) is 132 Å². The van der Waals surface area contributed by atoms with Crippen LogP contribution in [-0.4, -0.2) is 37.7 Å². The van der Waals surface area contributed by atoms with Gasteiger partial charge in [-0.2, -0.15) is 5.26 Å². The molecule has 2 aromatic carbocycles. The first-order chi connectivity index (χ1) is 17.2. The summed E-state index contributed by atoms with van der Waals surface area (Å²) in [6.07, 6.45) is 0.277. The number of allylic oxidation sites excluding steroid dienone is 2. The smallest absolute Gasteiger partial charge is 0.308 e. The molecule has 1 amide bonds. The van der Waals surface area contributed by atoms with Crippen LogP contribution in [0.4, 0.5) is 5.69 Å². The van der Waals surface area contributed by atoms with E-state index in [1.807, 2.05) is 0 Å². The molecule has 0 fully saturated rings. The Morgan fingerprint density at radius 1 is 0.944 bits per heavy atom. The number of benzene rings is 2. The highest BCUT2D eigenvalue weighted by molar-refractivity contribution is 6.23. The number of ether oxygens (including phenoxy) is 3. The second-order valence-corrected chi connectivity index (χ2v) is 7.92. The van der Waals surface area contributed by atoms with E-state index in [1.54, 1.807) is 30.3 Å². The van der Waals surface area contributed by atoms with Crippen LogP contribution >= 0.6 is 0 Å². The van der Waals surface area contributed by atoms with Gasteiger partial charge in [0.2, 0.25) is 23.1 Å². The van der Waals surface area contributed by atoms with Crippen LogP contribution in [0.2, 0.25) is 0 Å². The maximum absolute atomic E-state index is 13.1. The van der Waals surface area contributed by atoms with E-state index < -0.39 is 23.4 Å². The summed E-state index contributed by atoms with van der Waals surface area (Å²) in [5.41, 5.74) is 2.30. The number of nitrogens with zero attached hydrogens (tertiary/aromatic N) is 1. The molecule has 3 rings (SSSR count). The fraction of sp³-hybridized carbons (Fsp3) is 0.222. The number of nitrogens with one attached hydrogen (secondary N) is 1. The van der Waals surface area contributed by atoms with Crippen molar-refractivity contribution < 1.29 is 33.4 Å². The van der Waals surface area contributed by atoms with Crippen molar-refractivity contribution >= 4 is 29.1 Å². The van der Waals surface area contributed by atoms with Gasteiger partial charge in [-0.1, -0.05) is 18.2 Å². The second kappa shape index (κ2) is 11.1. The SMILES string of the molecule is COC1=C(OC)C(=O)C(Cc2ccc(OC(C)=O)c(C(=O)Nc3ccc(CC#N)cc3)c2)=C(C)C1=O. The number of ketones is 2. The van der Waals surface area contributed by atoms with Gasteiger partial charge in [0.1, 0.15) is 5.75 Å². The van der Waals surface area contributed by atoms with Crippen molar-refractivity contribution in [2.24, 2.45) is 0 Å². The van der Waals surface area contributed by atoms with E-state index in [4.69, 9.17) is 19.5 Å². The molecule has 1 N–H and O–H groups in total. The average Bonchev–Trinajstić information content (AvgIpc) is 2.85. The van der Waals surface area contributed by atoms with E-state index in [0.717, 1.165) is 5.56 Å². The summed E-state index contributed by atoms with van der Waals surface area (Å²) in [7, 11) is 2.56. The lowest BCUT2D eigenvalue weighted by Crippen LogP contribution is -2.26. The fourth-order valence-electron chi connectivity index (χ4n) is 3.71. The minimum atomic E-state index is -0.605. The summed E-state index contributed by atoms with van der Waals surface area (Å²) in [5.74, 6) is -2.39. The number of hydrogen-bond donors (Lipinski definition) is 1. The van der Waals surface area contributed by atoms with Crippen molar-refractivity contribution in [3.63, 3.8) is 0 Å². The van der Waals surface area contributed by atoms with Gasteiger partial charge in [-0.25, -0.2) is 0 Å². The zero-order chi connectivity index (χ0) is 26.4. The molecule has 9 nitrogen and oxygen atoms in total. The number of amides is 1. The lowest BCUT2D eigenvalue weighted by Gasteiger charge is -2.20. The first-order valence-electron chi connectivity index (χ1n) is 10.9. The van der Waals surface area contributed by atoms with Crippen LogP contribution in [0.1, 0.15) is 35.3 Å². The number of methoxy groups -OCH3 is 2. The first kappa shape index (κ1) is 25.9. The molecule has 0 bridgehead atoms. The zero-order valence-corrected chi connectivity index (χ0v) is 20.3. The Morgan fingerprint density at radius 2 is 1.56 bits per heavy atom. The van der Waals surface area contributed by atoms with Gasteiger partial charge in [-0.15, -0.1) is 0 Å². The monoisotopic (exact) mass is 488 g/mol. The number of carbonyl (C=O) groups excluding carboxylic acids is 4. The van der Waals surface area contributed by atoms with Crippen molar-refractivity contribution in [1.82, 2.24) is 0 Å². The number of carbonyl (C=O) groups is 4. The van der Waals surface area contributed by atoms with E-state index >= 15 is 0 Å². The molecule has 0 spiro atoms. The average molecular weight is 488 g/mol. The van der Waals surface area contributed by atoms with Gasteiger partial charge in [0.05, 0.1) is 32.3 Å². The molecule has 0 unspecified atom stereocenters. The van der Waals surface area contributed by atoms with Gasteiger partial charge < -0.3 is 19.5 Å². The molecule has 1 aliphatic carbocycles. The Kier molecular flexibility index (Phi) is 8.02. The van der Waals surface area contributed by atoms with E-state index in [1.165, 1.54) is 40.2 Å². The van der Waals surface area contributed by atoms with Crippen molar-refractivity contribution in [1.29, 1.82) is 5.26 Å². The summed E-state index contributed by atoms with van der Waals surface area (Å²) in [4.78, 5) is 50.4. The number of nitriles is 1. The van der Waals surface area contributed by atoms with E-state index in [-0.39, 0.29) is 46.8 Å². The number of Topliss-reactive ketones (excluding diaryl/α,β-unsaturated/α-hetero) is 2. The van der Waals surface area contributed by atoms with Crippen LogP contribution in [-0.2, 0) is 36.7 Å². The summed E-state index contributed by atoms with van der Waals surface area (Å²) in [6, 6.07) is 13.4. The predicted octanol–water partition coefficient (Wildman–Crippen LogP) is 3.45. The van der Waals surface area contributed by atoms with Crippen LogP contribution in [0.25, 0.3) is 0 Å². The van der Waals surface area contributed by atoms with Crippen molar-refractivity contribution in [3.8, 4) is 11.8 Å². The summed E-state index contributed by atoms with van der Waals surface area (Å²) >= 11 is 0. The largest absolute Gasteiger partial charge is 0.489 e. The Bertz CT molecular complexity index is 1350. The van der Waals surface area contributed by atoms with Crippen LogP contribution < -0.4 is 10.1 Å². The van der Waals surface area contributed by atoms with Crippen molar-refractivity contribution in [2.75, 3.05) is 19.5 Å². The van der Waals surface area contributed by atoms with Gasteiger partial charge in [-0.3, -0.25) is 19.2 Å². The maximum atomic E-state index is 13.1. The van der Waals surface area contributed by atoms with Gasteiger partial charge in [0.15, 0.2) is 0 Å². The van der Waals surface area contributed by atoms with Crippen molar-refractivity contribution in [2.45, 2.75) is 26.7 Å². The number of rotatable bonds is 8. The first-order valence-corrected chi connectivity index (χ1v) is 10.9. The molecule has 0 heterocycles. The molecule has 1 aliphatic rings. The standard InChI is InChI=1S/C27H24N2O7/c1-15-20(24(32)26(35-4)25(34-3)23(15)31)13-18-7-10-22(36-16(2)30)21(14-18)27(33)29-19-8-5-17(6-9-19)11-12-28/h5-10,14H,11,13H2,1-4H3,(H,29,33). The van der Waals surface area contributed by atoms with Gasteiger partial charge >= 0.3 is 5.97 Å². The molecule has 2 aromatic rings. The summed E-state index contributed by atoms with van der Waals surface area (Å²) in [6.45, 7) is 2.74. The molecule has 36 heavy (non-hydrogen) atoms. The molecular formula is C27H24N2O7. The van der Waals surface area contributed by atoms with Crippen LogP contribution in [0, 0.1) is 11.3 Å². The highest BCUT2D eigenvalue weighted by Crippen LogP contribution is 2.30. The molecule has 0 radical (unpaired) electrons. The Balaban J connectivity index is 1.94. The van der Waals surface area contributed by atoms with Gasteiger partial charge in [-0.05, 0) is 42.3 Å². The van der Waals surface area contributed by atoms with E-state index in [2.05, 4.69) is 11.4 Å². The van der Waals surface area contributed by atoms with Crippen LogP contribution in [0.15, 0.2) is 65.1 Å². The Hall–Kier alpha value is -4.71. The molecule has 184 valence electrons. The lowest BCUT2D eigenvalue weighted by molar-refractivity contribution is -0.131. The quantitative estimate of drug-likeness (QED) is 0.340. The molecule has 0 aromatic heterocycles. The predicted molar refractivity (Wildman–Crippen MR) is 129 cm³/mol. The third-order valence-corrected chi connectivity index (χ3v) is 5.51. The number of esters is 1. The van der Waals surface area contributed by atoms with Gasteiger partial charge in [0, 0.05) is 30.2 Å². The minimum Gasteiger partial charge on any atom is -0.489 e. The number of anilines is 1. The normalized spacial score (nSPS) is 13.3. The van der Waals surface area contributed by atoms with Crippen LogP contribution in [0.3, 0.4) is 0 Å².